The zero-order chi connectivity index (χ0) is 18.0. The van der Waals surface area contributed by atoms with Gasteiger partial charge in [-0.25, -0.2) is 4.98 Å². The average Bonchev–Trinajstić information content (AvgIpc) is 2.94. The summed E-state index contributed by atoms with van der Waals surface area (Å²) in [5.74, 6) is -0.229. The number of thiophene rings is 1. The van der Waals surface area contributed by atoms with Crippen LogP contribution in [0.3, 0.4) is 0 Å². The summed E-state index contributed by atoms with van der Waals surface area (Å²) in [7, 11) is 1.58. The fourth-order valence-electron chi connectivity index (χ4n) is 2.55. The number of hydrogen-bond acceptors (Lipinski definition) is 5. The first-order chi connectivity index (χ1) is 12.0. The fraction of sp³-hybridized carbons (Fsp3) is 0.278. The summed E-state index contributed by atoms with van der Waals surface area (Å²) in [4.78, 5) is 30.6. The minimum atomic E-state index is -0.229. The number of fused-ring (bicyclic) bond motifs is 1. The number of carbonyl (C=O) groups excluding carboxylic acids is 1. The Balaban J connectivity index is 1.95. The highest BCUT2D eigenvalue weighted by Gasteiger charge is 2.19. The highest BCUT2D eigenvalue weighted by atomic mass is 32.1. The number of nitrogens with zero attached hydrogens (tertiary/aromatic N) is 2. The first-order valence-corrected chi connectivity index (χ1v) is 8.68. The van der Waals surface area contributed by atoms with Crippen molar-refractivity contribution in [2.45, 2.75) is 20.4 Å². The van der Waals surface area contributed by atoms with Crippen molar-refractivity contribution in [2.75, 3.05) is 19.0 Å². The maximum Gasteiger partial charge on any atom is 0.266 e. The van der Waals surface area contributed by atoms with E-state index in [1.54, 1.807) is 14.0 Å². The molecule has 0 unspecified atom stereocenters. The van der Waals surface area contributed by atoms with Crippen molar-refractivity contribution in [1.29, 1.82) is 0 Å². The van der Waals surface area contributed by atoms with Crippen molar-refractivity contribution in [3.05, 3.63) is 57.0 Å². The molecule has 7 heteroatoms. The average molecular weight is 357 g/mol. The maximum atomic E-state index is 12.6. The van der Waals surface area contributed by atoms with Gasteiger partial charge in [-0.2, -0.15) is 0 Å². The van der Waals surface area contributed by atoms with E-state index in [0.29, 0.717) is 33.8 Å². The van der Waals surface area contributed by atoms with Crippen LogP contribution in [0, 0.1) is 13.8 Å². The van der Waals surface area contributed by atoms with Crippen LogP contribution < -0.4 is 10.9 Å². The van der Waals surface area contributed by atoms with Crippen molar-refractivity contribution >= 4 is 33.1 Å². The van der Waals surface area contributed by atoms with Gasteiger partial charge in [0.05, 0.1) is 29.7 Å². The van der Waals surface area contributed by atoms with Gasteiger partial charge in [0, 0.05) is 12.8 Å². The van der Waals surface area contributed by atoms with Gasteiger partial charge in [0.2, 0.25) is 0 Å². The van der Waals surface area contributed by atoms with Crippen LogP contribution in [0.25, 0.3) is 10.2 Å². The van der Waals surface area contributed by atoms with Crippen molar-refractivity contribution in [3.8, 4) is 0 Å². The van der Waals surface area contributed by atoms with Crippen LogP contribution in [-0.2, 0) is 11.3 Å². The van der Waals surface area contributed by atoms with Gasteiger partial charge in [0.1, 0.15) is 4.83 Å². The number of rotatable bonds is 5. The number of nitrogens with one attached hydrogen (secondary N) is 1. The van der Waals surface area contributed by atoms with E-state index < -0.39 is 0 Å². The molecule has 1 amide bonds. The number of aromatic nitrogens is 2. The van der Waals surface area contributed by atoms with E-state index in [1.807, 2.05) is 31.2 Å². The van der Waals surface area contributed by atoms with Crippen LogP contribution in [0.5, 0.6) is 0 Å². The number of methoxy groups -OCH3 is 1. The molecule has 0 aliphatic carbocycles. The minimum absolute atomic E-state index is 0.148. The van der Waals surface area contributed by atoms with Gasteiger partial charge in [-0.15, -0.1) is 11.3 Å². The van der Waals surface area contributed by atoms with Crippen molar-refractivity contribution in [2.24, 2.45) is 0 Å². The molecule has 2 aromatic heterocycles. The van der Waals surface area contributed by atoms with E-state index in [0.717, 1.165) is 11.3 Å². The molecule has 0 radical (unpaired) electrons. The molecule has 0 aliphatic heterocycles. The molecule has 0 fully saturated rings. The molecule has 25 heavy (non-hydrogen) atoms. The van der Waals surface area contributed by atoms with E-state index >= 15 is 0 Å². The first-order valence-electron chi connectivity index (χ1n) is 7.86. The lowest BCUT2D eigenvalue weighted by Crippen LogP contribution is -2.22. The highest BCUT2D eigenvalue weighted by Crippen LogP contribution is 2.27. The summed E-state index contributed by atoms with van der Waals surface area (Å²) >= 11 is 1.23. The molecular weight excluding hydrogens is 338 g/mol. The monoisotopic (exact) mass is 357 g/mol. The molecule has 0 spiro atoms. The number of carbonyl (C=O) groups is 1. The predicted molar refractivity (Wildman–Crippen MR) is 99.6 cm³/mol. The van der Waals surface area contributed by atoms with Gasteiger partial charge >= 0.3 is 0 Å². The molecule has 3 aromatic rings. The molecule has 6 nitrogen and oxygen atoms in total. The zero-order valence-electron chi connectivity index (χ0n) is 14.3. The number of hydrogen-bond donors (Lipinski definition) is 1. The van der Waals surface area contributed by atoms with Gasteiger partial charge in [0.15, 0.2) is 0 Å². The molecule has 0 saturated heterocycles. The molecular formula is C18H19N3O3S. The normalized spacial score (nSPS) is 11.0. The van der Waals surface area contributed by atoms with Gasteiger partial charge in [-0.05, 0) is 31.5 Å². The van der Waals surface area contributed by atoms with Crippen LogP contribution in [0.2, 0.25) is 0 Å². The summed E-state index contributed by atoms with van der Waals surface area (Å²) in [6, 6.07) is 7.57. The molecule has 0 saturated carbocycles. The number of ether oxygens (including phenoxy) is 1. The number of anilines is 1. The zero-order valence-corrected chi connectivity index (χ0v) is 15.1. The Labute approximate surface area is 149 Å². The Morgan fingerprint density at radius 1 is 1.28 bits per heavy atom. The largest absolute Gasteiger partial charge is 0.383 e. The molecule has 130 valence electrons. The van der Waals surface area contributed by atoms with Gasteiger partial charge in [-0.3, -0.25) is 14.2 Å². The van der Waals surface area contributed by atoms with E-state index in [1.165, 1.54) is 22.2 Å². The molecule has 3 rings (SSSR count). The standard InChI is InChI=1S/C18H19N3O3S/c1-11-4-6-13(7-5-11)20-16(22)15-12(2)14-17(25-15)19-10-21(18(14)23)8-9-24-3/h4-7,10H,8-9H2,1-3H3,(H,20,22). The van der Waals surface area contributed by atoms with Crippen LogP contribution in [0.4, 0.5) is 5.69 Å². The fourth-order valence-corrected chi connectivity index (χ4v) is 3.58. The second-order valence-electron chi connectivity index (χ2n) is 5.79. The second kappa shape index (κ2) is 7.16. The summed E-state index contributed by atoms with van der Waals surface area (Å²) in [6.07, 6.45) is 1.50. The van der Waals surface area contributed by atoms with E-state index in [4.69, 9.17) is 4.74 Å². The lowest BCUT2D eigenvalue weighted by Gasteiger charge is -2.05. The highest BCUT2D eigenvalue weighted by molar-refractivity contribution is 7.20. The Morgan fingerprint density at radius 2 is 2.00 bits per heavy atom. The topological polar surface area (TPSA) is 73.2 Å². The van der Waals surface area contributed by atoms with Crippen LogP contribution in [0.15, 0.2) is 35.4 Å². The van der Waals surface area contributed by atoms with E-state index in [-0.39, 0.29) is 11.5 Å². The Kier molecular flexibility index (Phi) is 4.96. The van der Waals surface area contributed by atoms with E-state index in [2.05, 4.69) is 10.3 Å². The number of aryl methyl sites for hydroxylation is 2. The second-order valence-corrected chi connectivity index (χ2v) is 6.79. The summed E-state index contributed by atoms with van der Waals surface area (Å²) in [5, 5.41) is 3.37. The third-order valence-electron chi connectivity index (χ3n) is 3.97. The Hall–Kier alpha value is -2.51. The molecule has 1 aromatic carbocycles. The smallest absolute Gasteiger partial charge is 0.266 e. The Bertz CT molecular complexity index is 974. The van der Waals surface area contributed by atoms with Gasteiger partial charge in [-0.1, -0.05) is 17.7 Å². The SMILES string of the molecule is COCCn1cnc2sc(C(=O)Nc3ccc(C)cc3)c(C)c2c1=O. The van der Waals surface area contributed by atoms with Crippen LogP contribution in [0.1, 0.15) is 20.8 Å². The lowest BCUT2D eigenvalue weighted by atomic mass is 10.2. The summed E-state index contributed by atoms with van der Waals surface area (Å²) < 4.78 is 6.52. The lowest BCUT2D eigenvalue weighted by molar-refractivity contribution is 0.103. The number of benzene rings is 1. The summed E-state index contributed by atoms with van der Waals surface area (Å²) in [6.45, 7) is 4.63. The van der Waals surface area contributed by atoms with Crippen molar-refractivity contribution in [1.82, 2.24) is 9.55 Å². The minimum Gasteiger partial charge on any atom is -0.383 e. The van der Waals surface area contributed by atoms with Gasteiger partial charge < -0.3 is 10.1 Å². The Morgan fingerprint density at radius 3 is 2.68 bits per heavy atom. The van der Waals surface area contributed by atoms with E-state index in [9.17, 15) is 9.59 Å². The number of amides is 1. The maximum absolute atomic E-state index is 12.6. The van der Waals surface area contributed by atoms with Crippen molar-refractivity contribution < 1.29 is 9.53 Å². The van der Waals surface area contributed by atoms with Crippen molar-refractivity contribution in [3.63, 3.8) is 0 Å². The quantitative estimate of drug-likeness (QED) is 0.762. The third kappa shape index (κ3) is 3.47. The molecule has 1 N–H and O–H groups in total. The third-order valence-corrected chi connectivity index (χ3v) is 5.17. The molecule has 0 aliphatic rings. The molecule has 0 bridgehead atoms. The van der Waals surface area contributed by atoms with Crippen LogP contribution >= 0.6 is 11.3 Å². The molecule has 0 atom stereocenters. The predicted octanol–water partition coefficient (Wildman–Crippen LogP) is 2.97. The summed E-state index contributed by atoms with van der Waals surface area (Å²) in [5.41, 5.74) is 2.36. The van der Waals surface area contributed by atoms with Crippen LogP contribution in [-0.4, -0.2) is 29.2 Å². The molecule has 2 heterocycles. The van der Waals surface area contributed by atoms with Gasteiger partial charge in [0.25, 0.3) is 11.5 Å². The first kappa shape index (κ1) is 17.3.